The van der Waals surface area contributed by atoms with E-state index in [0.717, 1.165) is 24.2 Å². The maximum atomic E-state index is 12.1. The Bertz CT molecular complexity index is 460. The lowest BCUT2D eigenvalue weighted by molar-refractivity contribution is -0.125. The molecular weight excluding hydrogens is 226 g/mol. The fourth-order valence-corrected chi connectivity index (χ4v) is 3.12. The number of aryl methyl sites for hydroxylation is 1. The number of amides is 1. The van der Waals surface area contributed by atoms with E-state index in [1.165, 1.54) is 6.42 Å². The molecule has 0 saturated carbocycles. The van der Waals surface area contributed by atoms with E-state index in [0.29, 0.717) is 18.6 Å². The number of pyridine rings is 1. The number of rotatable bonds is 3. The zero-order valence-electron chi connectivity index (χ0n) is 10.6. The summed E-state index contributed by atoms with van der Waals surface area (Å²) in [6.07, 6.45) is 3.37. The number of fused-ring (bicyclic) bond motifs is 2. The van der Waals surface area contributed by atoms with E-state index >= 15 is 0 Å². The minimum absolute atomic E-state index is 0.161. The van der Waals surface area contributed by atoms with Gasteiger partial charge in [-0.3, -0.25) is 9.78 Å². The van der Waals surface area contributed by atoms with Crippen LogP contribution in [0.5, 0.6) is 0 Å². The molecule has 2 aliphatic rings. The molecule has 3 unspecified atom stereocenters. The molecule has 0 aromatic carbocycles. The second-order valence-electron chi connectivity index (χ2n) is 5.38. The molecule has 3 heterocycles. The summed E-state index contributed by atoms with van der Waals surface area (Å²) in [5.41, 5.74) is 1.92. The van der Waals surface area contributed by atoms with E-state index in [4.69, 9.17) is 0 Å². The largest absolute Gasteiger partial charge is 0.350 e. The van der Waals surface area contributed by atoms with E-state index in [9.17, 15) is 4.79 Å². The minimum atomic E-state index is 0.161. The van der Waals surface area contributed by atoms with Crippen LogP contribution >= 0.6 is 0 Å². The lowest BCUT2D eigenvalue weighted by atomic mass is 9.88. The van der Waals surface area contributed by atoms with Gasteiger partial charge < -0.3 is 10.6 Å². The predicted octanol–water partition coefficient (Wildman–Crippen LogP) is 1.15. The van der Waals surface area contributed by atoms with E-state index in [1.54, 1.807) is 0 Å². The molecule has 3 atom stereocenters. The van der Waals surface area contributed by atoms with Crippen LogP contribution in [-0.4, -0.2) is 23.0 Å². The van der Waals surface area contributed by atoms with Gasteiger partial charge >= 0.3 is 0 Å². The van der Waals surface area contributed by atoms with Gasteiger partial charge in [0, 0.05) is 17.8 Å². The molecule has 0 aliphatic carbocycles. The van der Waals surface area contributed by atoms with Crippen LogP contribution in [0.25, 0.3) is 0 Å². The molecular formula is C14H19N3O. The van der Waals surface area contributed by atoms with Crippen molar-refractivity contribution >= 4 is 5.91 Å². The molecule has 2 bridgehead atoms. The quantitative estimate of drug-likeness (QED) is 0.840. The first-order chi connectivity index (χ1) is 8.72. The van der Waals surface area contributed by atoms with E-state index in [2.05, 4.69) is 15.6 Å². The molecule has 3 rings (SSSR count). The zero-order chi connectivity index (χ0) is 12.5. The Balaban J connectivity index is 1.56. The number of carbonyl (C=O) groups excluding carboxylic acids is 1. The first-order valence-corrected chi connectivity index (χ1v) is 6.68. The Morgan fingerprint density at radius 1 is 1.50 bits per heavy atom. The van der Waals surface area contributed by atoms with Crippen LogP contribution < -0.4 is 10.6 Å². The summed E-state index contributed by atoms with van der Waals surface area (Å²) in [5.74, 6) is 0.339. The minimum Gasteiger partial charge on any atom is -0.350 e. The van der Waals surface area contributed by atoms with Crippen molar-refractivity contribution in [2.75, 3.05) is 0 Å². The first kappa shape index (κ1) is 11.7. The fraction of sp³-hybridized carbons (Fsp3) is 0.571. The molecule has 96 valence electrons. The lowest BCUT2D eigenvalue weighted by Crippen LogP contribution is -2.37. The van der Waals surface area contributed by atoms with Crippen LogP contribution in [0.3, 0.4) is 0 Å². The van der Waals surface area contributed by atoms with Crippen molar-refractivity contribution in [2.45, 2.75) is 44.8 Å². The van der Waals surface area contributed by atoms with Crippen molar-refractivity contribution in [1.82, 2.24) is 15.6 Å². The van der Waals surface area contributed by atoms with Crippen LogP contribution in [0.4, 0.5) is 0 Å². The average molecular weight is 245 g/mol. The second kappa shape index (κ2) is 4.69. The van der Waals surface area contributed by atoms with Gasteiger partial charge in [0.2, 0.25) is 5.91 Å². The summed E-state index contributed by atoms with van der Waals surface area (Å²) in [5, 5.41) is 6.50. The van der Waals surface area contributed by atoms with Gasteiger partial charge in [0.05, 0.1) is 18.2 Å². The highest BCUT2D eigenvalue weighted by Gasteiger charge is 2.42. The summed E-state index contributed by atoms with van der Waals surface area (Å²) < 4.78 is 0. The highest BCUT2D eigenvalue weighted by molar-refractivity contribution is 5.80. The summed E-state index contributed by atoms with van der Waals surface area (Å²) in [6.45, 7) is 2.50. The highest BCUT2D eigenvalue weighted by Crippen LogP contribution is 2.33. The van der Waals surface area contributed by atoms with E-state index < -0.39 is 0 Å². The Hall–Kier alpha value is -1.42. The Morgan fingerprint density at radius 3 is 3.06 bits per heavy atom. The van der Waals surface area contributed by atoms with Crippen LogP contribution in [0.2, 0.25) is 0 Å². The Kier molecular flexibility index (Phi) is 3.04. The predicted molar refractivity (Wildman–Crippen MR) is 68.9 cm³/mol. The van der Waals surface area contributed by atoms with Gasteiger partial charge in [0.25, 0.3) is 0 Å². The number of hydrogen-bond donors (Lipinski definition) is 2. The third kappa shape index (κ3) is 2.25. The average Bonchev–Trinajstić information content (AvgIpc) is 2.98. The monoisotopic (exact) mass is 245 g/mol. The van der Waals surface area contributed by atoms with Gasteiger partial charge in [-0.25, -0.2) is 0 Å². The van der Waals surface area contributed by atoms with Gasteiger partial charge in [-0.2, -0.15) is 0 Å². The molecule has 4 heteroatoms. The maximum Gasteiger partial charge on any atom is 0.225 e. The van der Waals surface area contributed by atoms with Crippen LogP contribution in [-0.2, 0) is 11.3 Å². The summed E-state index contributed by atoms with van der Waals surface area (Å²) >= 11 is 0. The molecule has 2 N–H and O–H groups in total. The number of nitrogens with one attached hydrogen (secondary N) is 2. The van der Waals surface area contributed by atoms with Crippen molar-refractivity contribution < 1.29 is 4.79 Å². The molecule has 0 radical (unpaired) electrons. The highest BCUT2D eigenvalue weighted by atomic mass is 16.1. The zero-order valence-corrected chi connectivity index (χ0v) is 10.6. The molecule has 2 fully saturated rings. The lowest BCUT2D eigenvalue weighted by Gasteiger charge is -2.19. The number of carbonyl (C=O) groups is 1. The molecule has 2 aliphatic heterocycles. The SMILES string of the molecule is Cc1cccc(CNC(=O)C2CC3CCC2N3)n1. The third-order valence-corrected chi connectivity index (χ3v) is 4.03. The summed E-state index contributed by atoms with van der Waals surface area (Å²) in [7, 11) is 0. The van der Waals surface area contributed by atoms with Crippen LogP contribution in [0, 0.1) is 12.8 Å². The topological polar surface area (TPSA) is 54.0 Å². The molecule has 0 spiro atoms. The fourth-order valence-electron chi connectivity index (χ4n) is 3.12. The van der Waals surface area contributed by atoms with E-state index in [1.807, 2.05) is 25.1 Å². The number of nitrogens with zero attached hydrogens (tertiary/aromatic N) is 1. The van der Waals surface area contributed by atoms with Crippen LogP contribution in [0.15, 0.2) is 18.2 Å². The summed E-state index contributed by atoms with van der Waals surface area (Å²) in [4.78, 5) is 16.5. The summed E-state index contributed by atoms with van der Waals surface area (Å²) in [6, 6.07) is 6.86. The molecule has 18 heavy (non-hydrogen) atoms. The molecule has 2 saturated heterocycles. The van der Waals surface area contributed by atoms with Gasteiger partial charge in [-0.05, 0) is 38.3 Å². The van der Waals surface area contributed by atoms with E-state index in [-0.39, 0.29) is 11.8 Å². The van der Waals surface area contributed by atoms with Gasteiger partial charge in [0.1, 0.15) is 0 Å². The Labute approximate surface area is 107 Å². The van der Waals surface area contributed by atoms with Gasteiger partial charge in [-0.15, -0.1) is 0 Å². The maximum absolute atomic E-state index is 12.1. The van der Waals surface area contributed by atoms with Crippen molar-refractivity contribution in [3.8, 4) is 0 Å². The van der Waals surface area contributed by atoms with Gasteiger partial charge in [-0.1, -0.05) is 6.07 Å². The van der Waals surface area contributed by atoms with Crippen molar-refractivity contribution in [3.63, 3.8) is 0 Å². The first-order valence-electron chi connectivity index (χ1n) is 6.68. The second-order valence-corrected chi connectivity index (χ2v) is 5.38. The molecule has 1 aromatic rings. The van der Waals surface area contributed by atoms with Crippen molar-refractivity contribution in [1.29, 1.82) is 0 Å². The smallest absolute Gasteiger partial charge is 0.225 e. The molecule has 4 nitrogen and oxygen atoms in total. The third-order valence-electron chi connectivity index (χ3n) is 4.03. The molecule has 1 amide bonds. The normalized spacial score (nSPS) is 29.5. The van der Waals surface area contributed by atoms with Crippen molar-refractivity contribution in [2.24, 2.45) is 5.92 Å². The number of hydrogen-bond acceptors (Lipinski definition) is 3. The Morgan fingerprint density at radius 2 is 2.39 bits per heavy atom. The van der Waals surface area contributed by atoms with Crippen LogP contribution in [0.1, 0.15) is 30.7 Å². The standard InChI is InChI=1S/C14H19N3O/c1-9-3-2-4-11(16-9)8-15-14(18)12-7-10-5-6-13(12)17-10/h2-4,10,12-13,17H,5-8H2,1H3,(H,15,18). The van der Waals surface area contributed by atoms with Crippen molar-refractivity contribution in [3.05, 3.63) is 29.6 Å². The van der Waals surface area contributed by atoms with Gasteiger partial charge in [0.15, 0.2) is 0 Å². The number of aromatic nitrogens is 1. The molecule has 1 aromatic heterocycles.